The van der Waals surface area contributed by atoms with Gasteiger partial charge in [-0.2, -0.15) is 0 Å². The van der Waals surface area contributed by atoms with Gasteiger partial charge in [0.05, 0.1) is 4.92 Å². The van der Waals surface area contributed by atoms with Crippen molar-refractivity contribution in [3.63, 3.8) is 0 Å². The monoisotopic (exact) mass is 155 g/mol. The molecule has 5 nitrogen and oxygen atoms in total. The van der Waals surface area contributed by atoms with Crippen molar-refractivity contribution in [3.8, 4) is 0 Å². The first-order valence-corrected chi connectivity index (χ1v) is 2.89. The number of nitro groups is 1. The van der Waals surface area contributed by atoms with Crippen molar-refractivity contribution in [1.29, 1.82) is 0 Å². The first kappa shape index (κ1) is 7.46. The average molecular weight is 155 g/mol. The number of carboxylic acids is 1. The molecule has 0 aliphatic heterocycles. The van der Waals surface area contributed by atoms with E-state index in [2.05, 4.69) is 0 Å². The molecule has 0 aromatic rings. The van der Waals surface area contributed by atoms with Crippen LogP contribution in [-0.4, -0.2) is 16.0 Å². The maximum absolute atomic E-state index is 10.2. The second-order valence-corrected chi connectivity index (χ2v) is 2.06. The number of nitrogens with zero attached hydrogens (tertiary/aromatic N) is 1. The van der Waals surface area contributed by atoms with Crippen LogP contribution in [-0.2, 0) is 4.79 Å². The highest BCUT2D eigenvalue weighted by atomic mass is 16.6. The van der Waals surface area contributed by atoms with Gasteiger partial charge in [-0.1, -0.05) is 0 Å². The summed E-state index contributed by atoms with van der Waals surface area (Å²) in [7, 11) is 0. The number of hydrogen-bond donors (Lipinski definition) is 1. The summed E-state index contributed by atoms with van der Waals surface area (Å²) in [6.45, 7) is 0. The lowest BCUT2D eigenvalue weighted by Gasteiger charge is -1.86. The second-order valence-electron chi connectivity index (χ2n) is 2.06. The van der Waals surface area contributed by atoms with Crippen molar-refractivity contribution in [1.82, 2.24) is 0 Å². The van der Waals surface area contributed by atoms with Crippen molar-refractivity contribution in [3.05, 3.63) is 33.5 Å². The Balaban J connectivity index is 2.79. The lowest BCUT2D eigenvalue weighted by Crippen LogP contribution is -1.97. The lowest BCUT2D eigenvalue weighted by atomic mass is 10.2. The zero-order valence-corrected chi connectivity index (χ0v) is 5.48. The van der Waals surface area contributed by atoms with E-state index in [4.69, 9.17) is 5.11 Å². The van der Waals surface area contributed by atoms with Gasteiger partial charge >= 0.3 is 5.97 Å². The number of allylic oxidation sites excluding steroid dienone is 2. The van der Waals surface area contributed by atoms with E-state index < -0.39 is 10.9 Å². The molecule has 0 fully saturated rings. The molecule has 0 spiro atoms. The van der Waals surface area contributed by atoms with Crippen molar-refractivity contribution in [2.45, 2.75) is 6.42 Å². The molecule has 0 amide bonds. The van der Waals surface area contributed by atoms with Crippen LogP contribution in [0.25, 0.3) is 0 Å². The summed E-state index contributed by atoms with van der Waals surface area (Å²) in [4.78, 5) is 19.7. The van der Waals surface area contributed by atoms with E-state index in [9.17, 15) is 14.9 Å². The van der Waals surface area contributed by atoms with Crippen molar-refractivity contribution in [2.24, 2.45) is 0 Å². The molecule has 1 aliphatic carbocycles. The number of hydrogen-bond acceptors (Lipinski definition) is 3. The molecule has 0 aromatic carbocycles. The molecule has 1 N–H and O–H groups in total. The standard InChI is InChI=1S/C6H5NO4/c8-6(9)4-1-2-5(3-4)7(10)11/h2-3H,1H2,(H,8,9). The normalized spacial score (nSPS) is 15.6. The van der Waals surface area contributed by atoms with E-state index in [1.165, 1.54) is 6.08 Å². The summed E-state index contributed by atoms with van der Waals surface area (Å²) in [5, 5.41) is 18.5. The van der Waals surface area contributed by atoms with E-state index >= 15 is 0 Å². The number of aliphatic carboxylic acids is 1. The molecule has 11 heavy (non-hydrogen) atoms. The van der Waals surface area contributed by atoms with Crippen LogP contribution in [0.4, 0.5) is 0 Å². The fourth-order valence-electron chi connectivity index (χ4n) is 0.787. The largest absolute Gasteiger partial charge is 0.478 e. The third kappa shape index (κ3) is 1.43. The van der Waals surface area contributed by atoms with Crippen LogP contribution >= 0.6 is 0 Å². The fraction of sp³-hybridized carbons (Fsp3) is 0.167. The predicted molar refractivity (Wildman–Crippen MR) is 35.4 cm³/mol. The van der Waals surface area contributed by atoms with Gasteiger partial charge in [0.15, 0.2) is 0 Å². The van der Waals surface area contributed by atoms with Crippen LogP contribution in [0.15, 0.2) is 23.4 Å². The molecule has 58 valence electrons. The number of carbonyl (C=O) groups is 1. The summed E-state index contributed by atoms with van der Waals surface area (Å²) >= 11 is 0. The predicted octanol–water partition coefficient (Wildman–Crippen LogP) is 0.562. The molecule has 0 saturated heterocycles. The van der Waals surface area contributed by atoms with Crippen LogP contribution < -0.4 is 0 Å². The van der Waals surface area contributed by atoms with Gasteiger partial charge < -0.3 is 5.11 Å². The Morgan fingerprint density at radius 3 is 2.64 bits per heavy atom. The molecule has 0 radical (unpaired) electrons. The highest BCUT2D eigenvalue weighted by Crippen LogP contribution is 2.17. The van der Waals surface area contributed by atoms with E-state index in [1.54, 1.807) is 0 Å². The van der Waals surface area contributed by atoms with Crippen LogP contribution in [0.3, 0.4) is 0 Å². The number of rotatable bonds is 2. The van der Waals surface area contributed by atoms with Crippen molar-refractivity contribution < 1.29 is 14.8 Å². The van der Waals surface area contributed by atoms with E-state index in [0.717, 1.165) is 6.08 Å². The van der Waals surface area contributed by atoms with Gasteiger partial charge in [0.1, 0.15) is 0 Å². The van der Waals surface area contributed by atoms with Crippen LogP contribution in [0.1, 0.15) is 6.42 Å². The molecule has 0 saturated carbocycles. The zero-order valence-electron chi connectivity index (χ0n) is 5.48. The lowest BCUT2D eigenvalue weighted by molar-refractivity contribution is -0.418. The summed E-state index contributed by atoms with van der Waals surface area (Å²) in [6.07, 6.45) is 2.50. The van der Waals surface area contributed by atoms with Gasteiger partial charge in [-0.15, -0.1) is 0 Å². The van der Waals surface area contributed by atoms with Crippen LogP contribution in [0.2, 0.25) is 0 Å². The number of carboxylic acid groups (broad SMARTS) is 1. The Hall–Kier alpha value is -1.65. The summed E-state index contributed by atoms with van der Waals surface area (Å²) in [5.74, 6) is -1.10. The Bertz CT molecular complexity index is 276. The second kappa shape index (κ2) is 2.53. The maximum Gasteiger partial charge on any atom is 0.332 e. The third-order valence-corrected chi connectivity index (χ3v) is 1.34. The van der Waals surface area contributed by atoms with Gasteiger partial charge in [-0.25, -0.2) is 4.79 Å². The van der Waals surface area contributed by atoms with Gasteiger partial charge in [-0.05, 0) is 6.08 Å². The molecule has 1 aliphatic rings. The Kier molecular flexibility index (Phi) is 1.72. The molecule has 0 bridgehead atoms. The minimum atomic E-state index is -1.10. The minimum absolute atomic E-state index is 0.0664. The fourth-order valence-corrected chi connectivity index (χ4v) is 0.787. The molecule has 1 rings (SSSR count). The van der Waals surface area contributed by atoms with Crippen LogP contribution in [0, 0.1) is 10.1 Å². The first-order chi connectivity index (χ1) is 5.11. The van der Waals surface area contributed by atoms with Gasteiger partial charge in [0, 0.05) is 18.1 Å². The quantitative estimate of drug-likeness (QED) is 0.466. The summed E-state index contributed by atoms with van der Waals surface area (Å²) in [5.41, 5.74) is -0.0703. The molecular formula is C6H5NO4. The molecule has 5 heteroatoms. The van der Waals surface area contributed by atoms with E-state index in [-0.39, 0.29) is 17.7 Å². The zero-order chi connectivity index (χ0) is 8.43. The minimum Gasteiger partial charge on any atom is -0.478 e. The van der Waals surface area contributed by atoms with Gasteiger partial charge in [0.25, 0.3) is 5.70 Å². The molecule has 0 aromatic heterocycles. The molecule has 0 heterocycles. The first-order valence-electron chi connectivity index (χ1n) is 2.89. The maximum atomic E-state index is 10.2. The van der Waals surface area contributed by atoms with Crippen molar-refractivity contribution in [2.75, 3.05) is 0 Å². The van der Waals surface area contributed by atoms with Crippen LogP contribution in [0.5, 0.6) is 0 Å². The Morgan fingerprint density at radius 1 is 1.73 bits per heavy atom. The highest BCUT2D eigenvalue weighted by molar-refractivity contribution is 5.88. The highest BCUT2D eigenvalue weighted by Gasteiger charge is 2.19. The smallest absolute Gasteiger partial charge is 0.332 e. The topological polar surface area (TPSA) is 80.4 Å². The molecule has 0 atom stereocenters. The summed E-state index contributed by atoms with van der Waals surface area (Å²) in [6, 6.07) is 0. The summed E-state index contributed by atoms with van der Waals surface area (Å²) < 4.78 is 0. The van der Waals surface area contributed by atoms with Gasteiger partial charge in [0.2, 0.25) is 0 Å². The Labute approximate surface area is 61.8 Å². The van der Waals surface area contributed by atoms with E-state index in [0.29, 0.717) is 0 Å². The Morgan fingerprint density at radius 2 is 2.36 bits per heavy atom. The SMILES string of the molecule is O=C(O)C1=CC([N+](=O)[O-])=CC1. The van der Waals surface area contributed by atoms with Gasteiger partial charge in [-0.3, -0.25) is 10.1 Å². The molecule has 0 unspecified atom stereocenters. The third-order valence-electron chi connectivity index (χ3n) is 1.34. The average Bonchev–Trinajstić information content (AvgIpc) is 2.33. The van der Waals surface area contributed by atoms with E-state index in [1.807, 2.05) is 0 Å². The molecular weight excluding hydrogens is 150 g/mol. The van der Waals surface area contributed by atoms with Crippen molar-refractivity contribution >= 4 is 5.97 Å².